The molecule has 0 unspecified atom stereocenters. The molecular weight excluding hydrogens is 175 g/mol. The van der Waals surface area contributed by atoms with Gasteiger partial charge in [-0.2, -0.15) is 0 Å². The van der Waals surface area contributed by atoms with Crippen LogP contribution < -0.4 is 0 Å². The van der Waals surface area contributed by atoms with Crippen LogP contribution in [0.25, 0.3) is 0 Å². The summed E-state index contributed by atoms with van der Waals surface area (Å²) in [6.45, 7) is -0.250. The number of hydrogen-bond donors (Lipinski definition) is 2. The Bertz CT molecular complexity index is 9.61. The van der Waals surface area contributed by atoms with Gasteiger partial charge in [-0.1, -0.05) is 0 Å². The summed E-state index contributed by atoms with van der Waals surface area (Å²) in [5.41, 5.74) is 0. The van der Waals surface area contributed by atoms with Gasteiger partial charge in [-0.15, -0.1) is 0 Å². The second kappa shape index (κ2) is 8.83. The van der Waals surface area contributed by atoms with E-state index in [1.165, 1.54) is 0 Å². The van der Waals surface area contributed by atoms with Crippen molar-refractivity contribution in [2.24, 2.45) is 0 Å². The van der Waals surface area contributed by atoms with E-state index >= 15 is 0 Å². The molecule has 0 heterocycles. The van der Waals surface area contributed by atoms with Gasteiger partial charge in [-0.25, -0.2) is 0 Å². The second-order valence-electron chi connectivity index (χ2n) is 0.447. The van der Waals surface area contributed by atoms with E-state index in [1.807, 2.05) is 0 Å². The fraction of sp³-hybridized carbons (Fsp3) is 1.00. The molecule has 0 aliphatic rings. The fourth-order valence-electron chi connectivity index (χ4n) is 0. The zero-order chi connectivity index (χ0) is 3.41. The van der Waals surface area contributed by atoms with Crippen molar-refractivity contribution in [2.45, 2.75) is 0 Å². The zero-order valence-electron chi connectivity index (χ0n) is 2.81. The Hall–Kier alpha value is 0.719. The summed E-state index contributed by atoms with van der Waals surface area (Å²) >= 11 is 0. The number of aliphatic hydroxyl groups excluding tert-OH is 2. The van der Waals surface area contributed by atoms with E-state index in [-0.39, 0.29) is 37.1 Å². The molecule has 5 heavy (non-hydrogen) atoms. The predicted octanol–water partition coefficient (Wildman–Crippen LogP) is -1.41. The number of aliphatic hydroxyl groups is 2. The average molecular weight is 181 g/mol. The molecule has 30 valence electrons. The molecule has 0 amide bonds. The molecule has 2 nitrogen and oxygen atoms in total. The van der Waals surface area contributed by atoms with Crippen LogP contribution in [0.15, 0.2) is 0 Å². The summed E-state index contributed by atoms with van der Waals surface area (Å²) in [5.74, 6) is 0. The Balaban J connectivity index is 0. The fourth-order valence-corrected chi connectivity index (χ4v) is 0. The van der Waals surface area contributed by atoms with Crippen LogP contribution in [0.4, 0.5) is 0 Å². The summed E-state index contributed by atoms with van der Waals surface area (Å²) in [4.78, 5) is 0. The van der Waals surface area contributed by atoms with E-state index in [9.17, 15) is 0 Å². The first-order valence-electron chi connectivity index (χ1n) is 1.13. The zero-order valence-corrected chi connectivity index (χ0v) is 5.66. The quantitative estimate of drug-likeness (QED) is 0.487. The molecule has 0 aliphatic heterocycles. The first kappa shape index (κ1) is 9.21. The monoisotopic (exact) mass is 182 g/mol. The summed E-state index contributed by atoms with van der Waals surface area (Å²) in [6, 6.07) is 0. The Morgan fingerprint density at radius 2 is 1.20 bits per heavy atom. The van der Waals surface area contributed by atoms with Gasteiger partial charge in [0.05, 0.1) is 13.2 Å². The molecule has 0 aromatic heterocycles. The van der Waals surface area contributed by atoms with Gasteiger partial charge in [0.2, 0.25) is 0 Å². The Morgan fingerprint density at radius 1 is 1.00 bits per heavy atom. The molecule has 0 aromatic rings. The average Bonchev–Trinajstić information content (AvgIpc) is 1.37. The van der Waals surface area contributed by atoms with Gasteiger partial charge in [0.25, 0.3) is 0 Å². The standard InChI is InChI=1S/C2H6O2.Sn/c3-1-2-4;/h3-4H,1-2H2;. The summed E-state index contributed by atoms with van der Waals surface area (Å²) in [7, 11) is 0. The topological polar surface area (TPSA) is 40.5 Å². The van der Waals surface area contributed by atoms with Crippen molar-refractivity contribution < 1.29 is 10.2 Å². The maximum atomic E-state index is 7.62. The number of hydrogen-bond acceptors (Lipinski definition) is 2. The largest absolute Gasteiger partial charge is 0.394 e. The molecule has 0 saturated heterocycles. The van der Waals surface area contributed by atoms with E-state index in [2.05, 4.69) is 0 Å². The Labute approximate surface area is 47.8 Å². The van der Waals surface area contributed by atoms with Gasteiger partial charge in [0.15, 0.2) is 0 Å². The minimum atomic E-state index is -0.125. The SMILES string of the molecule is OCCO.[Sn]. The maximum Gasteiger partial charge on any atom is 0.0662 e. The normalized spacial score (nSPS) is 6.00. The third-order valence-electron chi connectivity index (χ3n) is 0.1000. The van der Waals surface area contributed by atoms with Crippen LogP contribution in [0.5, 0.6) is 0 Å². The minimum absolute atomic E-state index is 0. The van der Waals surface area contributed by atoms with Crippen LogP contribution in [0, 0.1) is 0 Å². The summed E-state index contributed by atoms with van der Waals surface area (Å²) in [6.07, 6.45) is 0. The second-order valence-corrected chi connectivity index (χ2v) is 0.447. The van der Waals surface area contributed by atoms with E-state index in [0.29, 0.717) is 0 Å². The van der Waals surface area contributed by atoms with Crippen molar-refractivity contribution >= 4 is 23.9 Å². The molecule has 0 fully saturated rings. The molecule has 4 radical (unpaired) electrons. The molecule has 2 N–H and O–H groups in total. The van der Waals surface area contributed by atoms with Crippen LogP contribution in [-0.4, -0.2) is 47.3 Å². The third-order valence-corrected chi connectivity index (χ3v) is 0.1000. The van der Waals surface area contributed by atoms with Crippen LogP contribution in [0.1, 0.15) is 0 Å². The molecular formula is C2H6O2Sn. The van der Waals surface area contributed by atoms with Gasteiger partial charge in [-0.05, 0) is 0 Å². The molecule has 0 bridgehead atoms. The van der Waals surface area contributed by atoms with Gasteiger partial charge < -0.3 is 10.2 Å². The molecule has 0 saturated carbocycles. The first-order valence-corrected chi connectivity index (χ1v) is 1.13. The predicted molar refractivity (Wildman–Crippen MR) is 19.9 cm³/mol. The van der Waals surface area contributed by atoms with Crippen molar-refractivity contribution in [3.05, 3.63) is 0 Å². The van der Waals surface area contributed by atoms with Crippen LogP contribution in [0.2, 0.25) is 0 Å². The summed E-state index contributed by atoms with van der Waals surface area (Å²) in [5, 5.41) is 15.2. The van der Waals surface area contributed by atoms with Gasteiger partial charge in [0, 0.05) is 23.9 Å². The molecule has 0 atom stereocenters. The van der Waals surface area contributed by atoms with E-state index in [1.54, 1.807) is 0 Å². The Kier molecular flexibility index (Phi) is 16.3. The van der Waals surface area contributed by atoms with Crippen LogP contribution in [0.3, 0.4) is 0 Å². The van der Waals surface area contributed by atoms with Crippen molar-refractivity contribution in [3.63, 3.8) is 0 Å². The minimum Gasteiger partial charge on any atom is -0.394 e. The third kappa shape index (κ3) is 11.8. The molecule has 0 aromatic carbocycles. The smallest absolute Gasteiger partial charge is 0.0662 e. The van der Waals surface area contributed by atoms with E-state index < -0.39 is 0 Å². The van der Waals surface area contributed by atoms with E-state index in [0.717, 1.165) is 0 Å². The van der Waals surface area contributed by atoms with Crippen molar-refractivity contribution in [1.29, 1.82) is 0 Å². The summed E-state index contributed by atoms with van der Waals surface area (Å²) < 4.78 is 0. The molecule has 0 aliphatic carbocycles. The van der Waals surface area contributed by atoms with Crippen molar-refractivity contribution in [1.82, 2.24) is 0 Å². The van der Waals surface area contributed by atoms with Crippen molar-refractivity contribution in [2.75, 3.05) is 13.2 Å². The van der Waals surface area contributed by atoms with Crippen LogP contribution >= 0.6 is 0 Å². The molecule has 0 rings (SSSR count). The van der Waals surface area contributed by atoms with Gasteiger partial charge in [0.1, 0.15) is 0 Å². The van der Waals surface area contributed by atoms with E-state index in [4.69, 9.17) is 10.2 Å². The van der Waals surface area contributed by atoms with Gasteiger partial charge >= 0.3 is 0 Å². The molecule has 0 spiro atoms. The molecule has 3 heteroatoms. The Morgan fingerprint density at radius 3 is 1.20 bits per heavy atom. The first-order chi connectivity index (χ1) is 1.91. The van der Waals surface area contributed by atoms with Gasteiger partial charge in [-0.3, -0.25) is 0 Å². The maximum absolute atomic E-state index is 7.62. The van der Waals surface area contributed by atoms with Crippen molar-refractivity contribution in [3.8, 4) is 0 Å². The number of rotatable bonds is 1. The van der Waals surface area contributed by atoms with Crippen LogP contribution in [-0.2, 0) is 0 Å².